The summed E-state index contributed by atoms with van der Waals surface area (Å²) >= 11 is 16.7. The standard InChI is InChI=1S/C19H25Cl3FN3O4/c1-18(2,3)30-16(27)24-11-13-8-14(23)10-15(9-13)25-4-6-26(7-5-25)17(28)29-12-19(20,21)22/h8-10H,4-7,11-12H2,1-3H3,(H,24,27). The van der Waals surface area contributed by atoms with Crippen molar-refractivity contribution in [3.05, 3.63) is 29.6 Å². The number of hydrogen-bond donors (Lipinski definition) is 1. The molecule has 0 aromatic heterocycles. The summed E-state index contributed by atoms with van der Waals surface area (Å²) in [5.41, 5.74) is 0.641. The van der Waals surface area contributed by atoms with Crippen LogP contribution in [0.25, 0.3) is 0 Å². The topological polar surface area (TPSA) is 71.1 Å². The van der Waals surface area contributed by atoms with Crippen LogP contribution in [-0.2, 0) is 16.0 Å². The minimum absolute atomic E-state index is 0.128. The van der Waals surface area contributed by atoms with Gasteiger partial charge in [-0.25, -0.2) is 14.0 Å². The smallest absolute Gasteiger partial charge is 0.410 e. The van der Waals surface area contributed by atoms with Gasteiger partial charge in [-0.2, -0.15) is 0 Å². The highest BCUT2D eigenvalue weighted by molar-refractivity contribution is 6.67. The van der Waals surface area contributed by atoms with Crippen LogP contribution in [0.15, 0.2) is 18.2 Å². The van der Waals surface area contributed by atoms with E-state index < -0.39 is 27.4 Å². The van der Waals surface area contributed by atoms with Crippen molar-refractivity contribution in [2.75, 3.05) is 37.7 Å². The first-order valence-corrected chi connectivity index (χ1v) is 10.5. The SMILES string of the molecule is CC(C)(C)OC(=O)NCc1cc(F)cc(N2CCN(C(=O)OCC(Cl)(Cl)Cl)CC2)c1. The van der Waals surface area contributed by atoms with Gasteiger partial charge in [-0.15, -0.1) is 0 Å². The first kappa shape index (κ1) is 24.6. The number of halogens is 4. The van der Waals surface area contributed by atoms with Crippen molar-refractivity contribution in [1.82, 2.24) is 10.2 Å². The molecule has 0 unspecified atom stereocenters. The quantitative estimate of drug-likeness (QED) is 0.638. The van der Waals surface area contributed by atoms with Crippen molar-refractivity contribution >= 4 is 52.7 Å². The van der Waals surface area contributed by atoms with Gasteiger partial charge in [0.05, 0.1) is 0 Å². The molecule has 1 aromatic carbocycles. The van der Waals surface area contributed by atoms with Gasteiger partial charge < -0.3 is 24.6 Å². The van der Waals surface area contributed by atoms with E-state index >= 15 is 0 Å². The highest BCUT2D eigenvalue weighted by Crippen LogP contribution is 2.26. The molecule has 1 aliphatic rings. The number of carbonyl (C=O) groups excluding carboxylic acids is 2. The molecule has 0 spiro atoms. The summed E-state index contributed by atoms with van der Waals surface area (Å²) < 4.78 is 22.6. The molecule has 2 amide bonds. The number of piperazine rings is 1. The van der Waals surface area contributed by atoms with Crippen LogP contribution in [0.5, 0.6) is 0 Å². The molecule has 1 aliphatic heterocycles. The van der Waals surface area contributed by atoms with Gasteiger partial charge in [0.15, 0.2) is 0 Å². The summed E-state index contributed by atoms with van der Waals surface area (Å²) in [4.78, 5) is 27.3. The Kier molecular flexibility index (Phi) is 8.30. The molecule has 7 nitrogen and oxygen atoms in total. The van der Waals surface area contributed by atoms with E-state index in [0.29, 0.717) is 37.4 Å². The Morgan fingerprint density at radius 3 is 2.30 bits per heavy atom. The number of hydrogen-bond acceptors (Lipinski definition) is 5. The van der Waals surface area contributed by atoms with Crippen molar-refractivity contribution in [2.45, 2.75) is 36.7 Å². The van der Waals surface area contributed by atoms with Gasteiger partial charge in [-0.3, -0.25) is 0 Å². The number of nitrogens with zero attached hydrogens (tertiary/aromatic N) is 2. The predicted molar refractivity (Wildman–Crippen MR) is 115 cm³/mol. The van der Waals surface area contributed by atoms with Gasteiger partial charge in [0.1, 0.15) is 18.0 Å². The molecular formula is C19H25Cl3FN3O4. The van der Waals surface area contributed by atoms with Gasteiger partial charge in [-0.05, 0) is 44.5 Å². The average Bonchev–Trinajstić information content (AvgIpc) is 2.62. The number of alkyl carbamates (subject to hydrolysis) is 1. The van der Waals surface area contributed by atoms with Crippen LogP contribution in [0.2, 0.25) is 0 Å². The van der Waals surface area contributed by atoms with Crippen LogP contribution >= 0.6 is 34.8 Å². The second-order valence-corrected chi connectivity index (χ2v) is 10.3. The molecule has 0 atom stereocenters. The zero-order chi connectivity index (χ0) is 22.5. The fourth-order valence-corrected chi connectivity index (χ4v) is 2.95. The normalized spacial score (nSPS) is 15.0. The minimum Gasteiger partial charge on any atom is -0.445 e. The van der Waals surface area contributed by atoms with E-state index in [1.165, 1.54) is 17.0 Å². The number of rotatable bonds is 4. The highest BCUT2D eigenvalue weighted by Gasteiger charge is 2.27. The van der Waals surface area contributed by atoms with Gasteiger partial charge in [0, 0.05) is 38.4 Å². The molecule has 168 valence electrons. The number of benzene rings is 1. The maximum atomic E-state index is 14.1. The third kappa shape index (κ3) is 8.62. The first-order valence-electron chi connectivity index (χ1n) is 9.32. The van der Waals surface area contributed by atoms with Crippen molar-refractivity contribution in [3.8, 4) is 0 Å². The second-order valence-electron chi connectivity index (χ2n) is 7.82. The lowest BCUT2D eigenvalue weighted by molar-refractivity contribution is 0.0523. The van der Waals surface area contributed by atoms with E-state index in [9.17, 15) is 14.0 Å². The number of nitrogens with one attached hydrogen (secondary N) is 1. The lowest BCUT2D eigenvalue weighted by Gasteiger charge is -2.35. The Balaban J connectivity index is 1.91. The molecular weight excluding hydrogens is 460 g/mol. The molecule has 0 saturated carbocycles. The van der Waals surface area contributed by atoms with Gasteiger partial charge in [-0.1, -0.05) is 34.8 Å². The van der Waals surface area contributed by atoms with Crippen molar-refractivity contribution in [1.29, 1.82) is 0 Å². The van der Waals surface area contributed by atoms with Gasteiger partial charge in [0.25, 0.3) is 0 Å². The molecule has 1 fully saturated rings. The van der Waals surface area contributed by atoms with Crippen LogP contribution in [-0.4, -0.2) is 59.3 Å². The first-order chi connectivity index (χ1) is 13.8. The van der Waals surface area contributed by atoms with Gasteiger partial charge in [0.2, 0.25) is 3.79 Å². The molecule has 1 saturated heterocycles. The highest BCUT2D eigenvalue weighted by atomic mass is 35.6. The van der Waals surface area contributed by atoms with Crippen molar-refractivity contribution < 1.29 is 23.5 Å². The number of alkyl halides is 3. The third-order valence-electron chi connectivity index (χ3n) is 4.04. The average molecular weight is 485 g/mol. The van der Waals surface area contributed by atoms with Gasteiger partial charge >= 0.3 is 12.2 Å². The molecule has 0 bridgehead atoms. The van der Waals surface area contributed by atoms with E-state index in [1.54, 1.807) is 26.8 Å². The maximum absolute atomic E-state index is 14.1. The van der Waals surface area contributed by atoms with Crippen molar-refractivity contribution in [2.24, 2.45) is 0 Å². The van der Waals surface area contributed by atoms with E-state index in [4.69, 9.17) is 44.3 Å². The Morgan fingerprint density at radius 2 is 1.73 bits per heavy atom. The number of ether oxygens (including phenoxy) is 2. The zero-order valence-corrected chi connectivity index (χ0v) is 19.3. The van der Waals surface area contributed by atoms with Crippen LogP contribution in [0, 0.1) is 5.82 Å². The predicted octanol–water partition coefficient (Wildman–Crippen LogP) is 4.48. The summed E-state index contributed by atoms with van der Waals surface area (Å²) in [7, 11) is 0. The molecule has 30 heavy (non-hydrogen) atoms. The maximum Gasteiger partial charge on any atom is 0.410 e. The second kappa shape index (κ2) is 10.1. The van der Waals surface area contributed by atoms with Crippen LogP contribution < -0.4 is 10.2 Å². The van der Waals surface area contributed by atoms with Crippen molar-refractivity contribution in [3.63, 3.8) is 0 Å². The zero-order valence-electron chi connectivity index (χ0n) is 17.0. The van der Waals surface area contributed by atoms with Crippen LogP contribution in [0.3, 0.4) is 0 Å². The molecule has 0 radical (unpaired) electrons. The summed E-state index contributed by atoms with van der Waals surface area (Å²) in [5.74, 6) is -0.419. The number of anilines is 1. The van der Waals surface area contributed by atoms with E-state index in [1.807, 2.05) is 4.90 Å². The monoisotopic (exact) mass is 483 g/mol. The summed E-state index contributed by atoms with van der Waals surface area (Å²) in [6.07, 6.45) is -1.14. The number of amides is 2. The fourth-order valence-electron chi connectivity index (χ4n) is 2.79. The summed E-state index contributed by atoms with van der Waals surface area (Å²) in [6, 6.07) is 4.55. The molecule has 0 aliphatic carbocycles. The third-order valence-corrected chi connectivity index (χ3v) is 4.37. The van der Waals surface area contributed by atoms with Crippen LogP contribution in [0.1, 0.15) is 26.3 Å². The molecule has 2 rings (SSSR count). The summed E-state index contributed by atoms with van der Waals surface area (Å²) in [6.45, 7) is 6.79. The summed E-state index contributed by atoms with van der Waals surface area (Å²) in [5, 5.41) is 2.61. The Hall–Kier alpha value is -1.64. The Morgan fingerprint density at radius 1 is 1.10 bits per heavy atom. The Labute approximate surface area is 190 Å². The molecule has 1 aromatic rings. The van der Waals surface area contributed by atoms with E-state index in [-0.39, 0.29) is 13.2 Å². The fraction of sp³-hybridized carbons (Fsp3) is 0.579. The van der Waals surface area contributed by atoms with E-state index in [2.05, 4.69) is 5.32 Å². The van der Waals surface area contributed by atoms with Crippen LogP contribution in [0.4, 0.5) is 19.7 Å². The molecule has 11 heteroatoms. The Bertz CT molecular complexity index is 760. The molecule has 1 N–H and O–H groups in total. The largest absolute Gasteiger partial charge is 0.445 e. The lowest BCUT2D eigenvalue weighted by Crippen LogP contribution is -2.49. The molecule has 1 heterocycles. The van der Waals surface area contributed by atoms with E-state index in [0.717, 1.165) is 0 Å². The minimum atomic E-state index is -1.66. The lowest BCUT2D eigenvalue weighted by atomic mass is 10.1. The number of carbonyl (C=O) groups is 2.